The van der Waals surface area contributed by atoms with E-state index in [-0.39, 0.29) is 30.7 Å². The van der Waals surface area contributed by atoms with E-state index < -0.39 is 27.4 Å². The van der Waals surface area contributed by atoms with E-state index in [1.54, 1.807) is 36.4 Å². The van der Waals surface area contributed by atoms with E-state index >= 15 is 0 Å². The summed E-state index contributed by atoms with van der Waals surface area (Å²) in [6, 6.07) is 13.2. The molecule has 0 fully saturated rings. The average Bonchev–Trinajstić information content (AvgIpc) is 2.99. The average molecular weight is 430 g/mol. The first kappa shape index (κ1) is 21.5. The van der Waals surface area contributed by atoms with Gasteiger partial charge in [0.15, 0.2) is 9.84 Å². The third-order valence-electron chi connectivity index (χ3n) is 4.78. The van der Waals surface area contributed by atoms with Crippen molar-refractivity contribution >= 4 is 32.7 Å². The number of carbonyl (C=O) groups excluding carboxylic acids is 2. The summed E-state index contributed by atoms with van der Waals surface area (Å²) in [5.41, 5.74) is 1.33. The molecule has 0 amide bonds. The Morgan fingerprint density at radius 1 is 0.967 bits per heavy atom. The summed E-state index contributed by atoms with van der Waals surface area (Å²) < 4.78 is 30.4. The number of benzene rings is 2. The van der Waals surface area contributed by atoms with Crippen molar-refractivity contribution in [1.82, 2.24) is 9.13 Å². The minimum absolute atomic E-state index is 0.0338. The number of methoxy groups -OCH3 is 1. The van der Waals surface area contributed by atoms with Gasteiger partial charge in [0.2, 0.25) is 5.91 Å². The van der Waals surface area contributed by atoms with Gasteiger partial charge in [-0.25, -0.2) is 17.8 Å². The Balaban J connectivity index is 1.93. The maximum absolute atomic E-state index is 13.0. The molecule has 0 N–H and O–H groups in total. The van der Waals surface area contributed by atoms with Crippen molar-refractivity contribution in [3.05, 3.63) is 64.6 Å². The molecule has 8 nitrogen and oxygen atoms in total. The number of para-hydroxylation sites is 2. The lowest BCUT2D eigenvalue weighted by Crippen LogP contribution is -2.29. The van der Waals surface area contributed by atoms with E-state index in [0.29, 0.717) is 11.0 Å². The molecular weight excluding hydrogens is 408 g/mol. The third-order valence-corrected chi connectivity index (χ3v) is 5.90. The molecule has 2 aromatic carbocycles. The second kappa shape index (κ2) is 8.66. The van der Waals surface area contributed by atoms with Gasteiger partial charge in [-0.05, 0) is 36.2 Å². The van der Waals surface area contributed by atoms with Crippen LogP contribution in [-0.4, -0.2) is 42.8 Å². The van der Waals surface area contributed by atoms with Crippen molar-refractivity contribution in [1.29, 1.82) is 0 Å². The number of carbonyl (C=O) groups is 2. The van der Waals surface area contributed by atoms with Gasteiger partial charge >= 0.3 is 11.7 Å². The van der Waals surface area contributed by atoms with E-state index in [2.05, 4.69) is 4.74 Å². The number of sulfone groups is 1. The van der Waals surface area contributed by atoms with Gasteiger partial charge in [-0.2, -0.15) is 0 Å². The first-order valence-corrected chi connectivity index (χ1v) is 11.2. The second-order valence-electron chi connectivity index (χ2n) is 6.93. The Morgan fingerprint density at radius 2 is 1.60 bits per heavy atom. The van der Waals surface area contributed by atoms with Gasteiger partial charge in [-0.3, -0.25) is 14.2 Å². The predicted octanol–water partition coefficient (Wildman–Crippen LogP) is 2.24. The molecule has 158 valence electrons. The summed E-state index contributed by atoms with van der Waals surface area (Å²) >= 11 is 0. The van der Waals surface area contributed by atoms with Crippen molar-refractivity contribution in [3.8, 4) is 0 Å². The molecule has 0 spiro atoms. The molecule has 1 aromatic heterocycles. The molecule has 0 radical (unpaired) electrons. The van der Waals surface area contributed by atoms with Gasteiger partial charge < -0.3 is 4.74 Å². The fourth-order valence-corrected chi connectivity index (χ4v) is 3.86. The van der Waals surface area contributed by atoms with Crippen molar-refractivity contribution in [3.63, 3.8) is 0 Å². The fourth-order valence-electron chi connectivity index (χ4n) is 3.22. The minimum atomic E-state index is -3.31. The quantitative estimate of drug-likeness (QED) is 0.533. The number of ether oxygens (including phenoxy) is 1. The van der Waals surface area contributed by atoms with E-state index in [0.717, 1.165) is 16.4 Å². The van der Waals surface area contributed by atoms with Crippen LogP contribution in [0, 0.1) is 0 Å². The van der Waals surface area contributed by atoms with Crippen LogP contribution < -0.4 is 5.69 Å². The van der Waals surface area contributed by atoms with Crippen LogP contribution in [0.4, 0.5) is 0 Å². The van der Waals surface area contributed by atoms with Crippen molar-refractivity contribution in [2.75, 3.05) is 13.4 Å². The fraction of sp³-hybridized carbons (Fsp3) is 0.286. The van der Waals surface area contributed by atoms with Crippen LogP contribution in [0.15, 0.2) is 58.2 Å². The zero-order valence-electron chi connectivity index (χ0n) is 16.7. The highest BCUT2D eigenvalue weighted by atomic mass is 32.2. The summed E-state index contributed by atoms with van der Waals surface area (Å²) in [6.07, 6.45) is 1.55. The number of rotatable bonds is 7. The molecule has 0 saturated heterocycles. The Bertz CT molecular complexity index is 1250. The Morgan fingerprint density at radius 3 is 2.20 bits per heavy atom. The predicted molar refractivity (Wildman–Crippen MR) is 111 cm³/mol. The summed E-state index contributed by atoms with van der Waals surface area (Å²) in [7, 11) is -2.03. The normalized spacial score (nSPS) is 11.5. The van der Waals surface area contributed by atoms with Gasteiger partial charge in [-0.1, -0.05) is 24.3 Å². The number of hydrogen-bond donors (Lipinski definition) is 0. The molecule has 1 heterocycles. The maximum atomic E-state index is 13.0. The molecule has 0 aliphatic rings. The highest BCUT2D eigenvalue weighted by Gasteiger charge is 2.19. The second-order valence-corrected chi connectivity index (χ2v) is 8.95. The van der Waals surface area contributed by atoms with Crippen LogP contribution in [0.1, 0.15) is 29.6 Å². The van der Waals surface area contributed by atoms with E-state index in [1.165, 1.54) is 23.8 Å². The first-order chi connectivity index (χ1) is 14.2. The van der Waals surface area contributed by atoms with Crippen LogP contribution in [0.5, 0.6) is 0 Å². The summed E-state index contributed by atoms with van der Waals surface area (Å²) in [5, 5.41) is 0. The number of nitrogens with zero attached hydrogens (tertiary/aromatic N) is 2. The number of fused-ring (bicyclic) bond motifs is 1. The van der Waals surface area contributed by atoms with E-state index in [9.17, 15) is 22.8 Å². The van der Waals surface area contributed by atoms with Gasteiger partial charge in [0.05, 0.1) is 29.6 Å². The van der Waals surface area contributed by atoms with E-state index in [4.69, 9.17) is 0 Å². The Labute approximate surface area is 173 Å². The molecule has 0 atom stereocenters. The van der Waals surface area contributed by atoms with Crippen molar-refractivity contribution < 1.29 is 22.7 Å². The lowest BCUT2D eigenvalue weighted by Gasteiger charge is -2.05. The molecule has 3 rings (SSSR count). The Hall–Kier alpha value is -3.20. The van der Waals surface area contributed by atoms with Crippen LogP contribution in [0.25, 0.3) is 11.0 Å². The smallest absolute Gasteiger partial charge is 0.336 e. The number of aromatic nitrogens is 2. The Kier molecular flexibility index (Phi) is 6.21. The zero-order chi connectivity index (χ0) is 21.9. The van der Waals surface area contributed by atoms with Gasteiger partial charge in [-0.15, -0.1) is 0 Å². The molecular formula is C21H22N2O6S. The lowest BCUT2D eigenvalue weighted by molar-refractivity contribution is -0.140. The van der Waals surface area contributed by atoms with Gasteiger partial charge in [0.1, 0.15) is 0 Å². The molecule has 0 aliphatic heterocycles. The molecule has 0 aliphatic carbocycles. The minimum Gasteiger partial charge on any atom is -0.469 e. The standard InChI is InChI=1S/C21H22N2O6S/c1-29-20(25)9-5-8-19(24)23-18-7-4-3-6-17(18)22(21(23)26)14-15-10-12-16(13-11-15)30(2,27)28/h3-4,6-7,10-13H,5,8-9,14H2,1-2H3. The molecule has 0 bridgehead atoms. The van der Waals surface area contributed by atoms with E-state index in [1.807, 2.05) is 0 Å². The molecule has 0 saturated carbocycles. The zero-order valence-corrected chi connectivity index (χ0v) is 17.5. The highest BCUT2D eigenvalue weighted by molar-refractivity contribution is 7.90. The van der Waals surface area contributed by atoms with Crippen molar-refractivity contribution in [2.45, 2.75) is 30.7 Å². The van der Waals surface area contributed by atoms with Crippen molar-refractivity contribution in [2.24, 2.45) is 0 Å². The molecule has 0 unspecified atom stereocenters. The number of esters is 1. The number of hydrogen-bond acceptors (Lipinski definition) is 6. The maximum Gasteiger partial charge on any atom is 0.336 e. The SMILES string of the molecule is COC(=O)CCCC(=O)n1c(=O)n(Cc2ccc(S(C)(=O)=O)cc2)c2ccccc21. The molecule has 30 heavy (non-hydrogen) atoms. The lowest BCUT2D eigenvalue weighted by atomic mass is 10.2. The largest absolute Gasteiger partial charge is 0.469 e. The summed E-state index contributed by atoms with van der Waals surface area (Å²) in [6.45, 7) is 0.186. The summed E-state index contributed by atoms with van der Waals surface area (Å²) in [5.74, 6) is -0.804. The van der Waals surface area contributed by atoms with Crippen LogP contribution in [0.3, 0.4) is 0 Å². The molecule has 3 aromatic rings. The van der Waals surface area contributed by atoms with Crippen LogP contribution >= 0.6 is 0 Å². The molecule has 9 heteroatoms. The van der Waals surface area contributed by atoms with Crippen LogP contribution in [0.2, 0.25) is 0 Å². The first-order valence-electron chi connectivity index (χ1n) is 9.31. The monoisotopic (exact) mass is 430 g/mol. The third kappa shape index (κ3) is 4.51. The summed E-state index contributed by atoms with van der Waals surface area (Å²) in [4.78, 5) is 37.2. The van der Waals surface area contributed by atoms with Crippen LogP contribution in [-0.2, 0) is 25.9 Å². The number of imidazole rings is 1. The highest BCUT2D eigenvalue weighted by Crippen LogP contribution is 2.17. The van der Waals surface area contributed by atoms with Gasteiger partial charge in [0, 0.05) is 19.1 Å². The topological polar surface area (TPSA) is 104 Å². The van der Waals surface area contributed by atoms with Gasteiger partial charge in [0.25, 0.3) is 0 Å².